The molecular weight excluding hydrogens is 498 g/mol. The van der Waals surface area contributed by atoms with Gasteiger partial charge < -0.3 is 25.8 Å². The van der Waals surface area contributed by atoms with Gasteiger partial charge in [0.2, 0.25) is 5.91 Å². The first kappa shape index (κ1) is 23.8. The minimum atomic E-state index is -0.463. The van der Waals surface area contributed by atoms with Crippen LogP contribution < -0.4 is 21.8 Å². The number of anilines is 2. The molecule has 0 spiro atoms. The lowest BCUT2D eigenvalue weighted by Gasteiger charge is -2.27. The summed E-state index contributed by atoms with van der Waals surface area (Å²) < 4.78 is 10.7. The number of ether oxygens (including phenoxy) is 2. The van der Waals surface area contributed by atoms with Crippen molar-refractivity contribution in [1.29, 1.82) is 0 Å². The van der Waals surface area contributed by atoms with E-state index >= 15 is 0 Å². The standard InChI is InChI=1S/C24H25N7O5S/c25-13-2-1-12-16(17(13)24(34)30-31-5-8-35-9-6-31)21(32)18-19(12)28-29-20(18)22-14(3-10-37-22)27-23(33)15-11-36-7-4-26-15/h1-3,10,15,26H,4-9,11,25H2,(H,27,33)(H,28,29)(H,30,34). The van der Waals surface area contributed by atoms with Crippen LogP contribution in [0.4, 0.5) is 11.4 Å². The number of H-pyrrole nitrogens is 1. The zero-order valence-electron chi connectivity index (χ0n) is 19.8. The SMILES string of the molecule is Nc1ccc2c(c1C(=O)NN1CCOCC1)C(=O)c1c-2n[nH]c1-c1sccc1NC(=O)C1COCCN1. The van der Waals surface area contributed by atoms with Gasteiger partial charge in [-0.15, -0.1) is 11.3 Å². The Balaban J connectivity index is 1.31. The second-order valence-electron chi connectivity index (χ2n) is 8.88. The van der Waals surface area contributed by atoms with Crippen molar-refractivity contribution in [2.75, 3.05) is 57.1 Å². The molecule has 3 aliphatic rings. The van der Waals surface area contributed by atoms with Crippen molar-refractivity contribution in [3.63, 3.8) is 0 Å². The number of nitrogens with two attached hydrogens (primary N) is 1. The lowest BCUT2D eigenvalue weighted by molar-refractivity contribution is -0.120. The molecule has 1 aromatic carbocycles. The Labute approximate surface area is 215 Å². The van der Waals surface area contributed by atoms with Crippen LogP contribution in [0.15, 0.2) is 23.6 Å². The number of rotatable bonds is 5. The summed E-state index contributed by atoms with van der Waals surface area (Å²) in [6.45, 7) is 3.53. The number of morpholine rings is 2. The van der Waals surface area contributed by atoms with Gasteiger partial charge in [0.05, 0.1) is 53.8 Å². The third-order valence-corrected chi connectivity index (χ3v) is 7.53. The highest BCUT2D eigenvalue weighted by Gasteiger charge is 2.38. The number of aromatic amines is 1. The average molecular weight is 524 g/mol. The second-order valence-corrected chi connectivity index (χ2v) is 9.79. The van der Waals surface area contributed by atoms with E-state index < -0.39 is 11.9 Å². The fourth-order valence-corrected chi connectivity index (χ4v) is 5.63. The van der Waals surface area contributed by atoms with Crippen molar-refractivity contribution in [1.82, 2.24) is 25.9 Å². The van der Waals surface area contributed by atoms with Crippen LogP contribution in [0.1, 0.15) is 26.3 Å². The first-order valence-corrected chi connectivity index (χ1v) is 12.8. The van der Waals surface area contributed by atoms with Crippen molar-refractivity contribution in [2.45, 2.75) is 6.04 Å². The van der Waals surface area contributed by atoms with Gasteiger partial charge in [-0.05, 0) is 23.6 Å². The van der Waals surface area contributed by atoms with Crippen LogP contribution in [0, 0.1) is 0 Å². The number of carbonyl (C=O) groups is 3. The molecule has 3 aromatic rings. The number of fused-ring (bicyclic) bond motifs is 3. The van der Waals surface area contributed by atoms with Crippen molar-refractivity contribution in [3.8, 4) is 21.8 Å². The number of nitrogens with one attached hydrogen (secondary N) is 4. The molecule has 1 unspecified atom stereocenters. The van der Waals surface area contributed by atoms with Crippen LogP contribution in [0.3, 0.4) is 0 Å². The van der Waals surface area contributed by atoms with E-state index in [0.717, 1.165) is 0 Å². The number of thiophene rings is 1. The summed E-state index contributed by atoms with van der Waals surface area (Å²) in [4.78, 5) is 40.4. The maximum atomic E-state index is 13.8. The summed E-state index contributed by atoms with van der Waals surface area (Å²) in [5.74, 6) is -1.02. The maximum Gasteiger partial charge on any atom is 0.268 e. The van der Waals surface area contributed by atoms with Gasteiger partial charge in [0.25, 0.3) is 5.91 Å². The highest BCUT2D eigenvalue weighted by atomic mass is 32.1. The van der Waals surface area contributed by atoms with Gasteiger partial charge in [-0.25, -0.2) is 5.01 Å². The van der Waals surface area contributed by atoms with E-state index in [1.165, 1.54) is 11.3 Å². The first-order chi connectivity index (χ1) is 18.0. The summed E-state index contributed by atoms with van der Waals surface area (Å²) >= 11 is 1.37. The van der Waals surface area contributed by atoms with Gasteiger partial charge in [0, 0.05) is 36.4 Å². The van der Waals surface area contributed by atoms with E-state index in [0.29, 0.717) is 72.5 Å². The molecular formula is C24H25N7O5S. The largest absolute Gasteiger partial charge is 0.398 e. The van der Waals surface area contributed by atoms with Gasteiger partial charge in [0.1, 0.15) is 11.7 Å². The predicted octanol–water partition coefficient (Wildman–Crippen LogP) is 0.836. The normalized spacial score (nSPS) is 19.4. The Morgan fingerprint density at radius 1 is 1.14 bits per heavy atom. The number of ketones is 1. The minimum Gasteiger partial charge on any atom is -0.398 e. The average Bonchev–Trinajstić information content (AvgIpc) is 3.61. The molecule has 1 atom stereocenters. The molecule has 4 heterocycles. The van der Waals surface area contributed by atoms with Gasteiger partial charge in [0.15, 0.2) is 5.78 Å². The van der Waals surface area contributed by atoms with E-state index in [9.17, 15) is 14.4 Å². The highest BCUT2D eigenvalue weighted by molar-refractivity contribution is 7.14. The molecule has 192 valence electrons. The summed E-state index contributed by atoms with van der Waals surface area (Å²) in [5, 5.41) is 17.0. The van der Waals surface area contributed by atoms with E-state index in [1.807, 2.05) is 5.38 Å². The Morgan fingerprint density at radius 3 is 2.76 bits per heavy atom. The smallest absolute Gasteiger partial charge is 0.268 e. The monoisotopic (exact) mass is 523 g/mol. The molecule has 6 N–H and O–H groups in total. The lowest BCUT2D eigenvalue weighted by atomic mass is 9.99. The van der Waals surface area contributed by atoms with E-state index in [2.05, 4.69) is 26.3 Å². The fraction of sp³-hybridized carbons (Fsp3) is 0.333. The quantitative estimate of drug-likeness (QED) is 0.238. The van der Waals surface area contributed by atoms with E-state index in [1.54, 1.807) is 23.2 Å². The van der Waals surface area contributed by atoms with Crippen molar-refractivity contribution < 1.29 is 23.9 Å². The van der Waals surface area contributed by atoms with Crippen molar-refractivity contribution >= 4 is 40.3 Å². The number of hydrazine groups is 1. The molecule has 2 fully saturated rings. The summed E-state index contributed by atoms with van der Waals surface area (Å²) in [6.07, 6.45) is 0. The predicted molar refractivity (Wildman–Crippen MR) is 136 cm³/mol. The molecule has 2 aromatic heterocycles. The number of benzene rings is 1. The van der Waals surface area contributed by atoms with Crippen LogP contribution >= 0.6 is 11.3 Å². The molecule has 0 bridgehead atoms. The summed E-state index contributed by atoms with van der Waals surface area (Å²) in [5.41, 5.74) is 12.0. The molecule has 2 saturated heterocycles. The summed E-state index contributed by atoms with van der Waals surface area (Å²) in [7, 11) is 0. The van der Waals surface area contributed by atoms with Gasteiger partial charge in [-0.2, -0.15) is 5.10 Å². The highest BCUT2D eigenvalue weighted by Crippen LogP contribution is 2.45. The molecule has 37 heavy (non-hydrogen) atoms. The van der Waals surface area contributed by atoms with E-state index in [4.69, 9.17) is 15.2 Å². The molecule has 6 rings (SSSR count). The van der Waals surface area contributed by atoms with Crippen LogP contribution in [-0.4, -0.2) is 84.9 Å². The number of hydrogen-bond donors (Lipinski definition) is 5. The van der Waals surface area contributed by atoms with Gasteiger partial charge in [-0.3, -0.25) is 24.9 Å². The maximum absolute atomic E-state index is 13.8. The third kappa shape index (κ3) is 4.20. The van der Waals surface area contributed by atoms with E-state index in [-0.39, 0.29) is 35.1 Å². The third-order valence-electron chi connectivity index (χ3n) is 6.60. The van der Waals surface area contributed by atoms with Crippen LogP contribution in [0.25, 0.3) is 21.8 Å². The van der Waals surface area contributed by atoms with Crippen molar-refractivity contribution in [3.05, 3.63) is 40.3 Å². The number of amides is 2. The zero-order valence-corrected chi connectivity index (χ0v) is 20.6. The first-order valence-electron chi connectivity index (χ1n) is 11.9. The number of aromatic nitrogens is 2. The molecule has 2 amide bonds. The topological polar surface area (TPSA) is 164 Å². The fourth-order valence-electron chi connectivity index (χ4n) is 4.77. The zero-order chi connectivity index (χ0) is 25.5. The summed E-state index contributed by atoms with van der Waals surface area (Å²) in [6, 6.07) is 4.63. The van der Waals surface area contributed by atoms with Crippen LogP contribution in [0.2, 0.25) is 0 Å². The molecule has 0 radical (unpaired) electrons. The molecule has 12 nitrogen and oxygen atoms in total. The number of nitrogen functional groups attached to an aromatic ring is 1. The number of carbonyl (C=O) groups excluding carboxylic acids is 3. The van der Waals surface area contributed by atoms with Gasteiger partial charge >= 0.3 is 0 Å². The Bertz CT molecular complexity index is 1390. The minimum absolute atomic E-state index is 0.126. The Kier molecular flexibility index (Phi) is 6.22. The number of hydrogen-bond acceptors (Lipinski definition) is 10. The lowest BCUT2D eigenvalue weighted by Crippen LogP contribution is -2.48. The van der Waals surface area contributed by atoms with Crippen LogP contribution in [0.5, 0.6) is 0 Å². The molecule has 2 aliphatic heterocycles. The van der Waals surface area contributed by atoms with Crippen molar-refractivity contribution in [2.24, 2.45) is 0 Å². The second kappa shape index (κ2) is 9.68. The number of nitrogens with zero attached hydrogens (tertiary/aromatic N) is 2. The molecule has 0 saturated carbocycles. The Morgan fingerprint density at radius 2 is 1.97 bits per heavy atom. The molecule has 1 aliphatic carbocycles. The molecule has 13 heteroatoms. The van der Waals surface area contributed by atoms with Crippen LogP contribution in [-0.2, 0) is 14.3 Å². The van der Waals surface area contributed by atoms with Gasteiger partial charge in [-0.1, -0.05) is 0 Å². The Hall–Kier alpha value is -3.62.